The molecule has 0 spiro atoms. The van der Waals surface area contributed by atoms with Gasteiger partial charge in [0.15, 0.2) is 23.0 Å². The Labute approximate surface area is 252 Å². The Morgan fingerprint density at radius 2 is 1.88 bits per heavy atom. The number of benzene rings is 2. The fourth-order valence-electron chi connectivity index (χ4n) is 5.39. The minimum atomic E-state index is -0.840. The summed E-state index contributed by atoms with van der Waals surface area (Å²) in [5.74, 6) is 2.12. The number of aromatic nitrogens is 4. The first-order valence-corrected chi connectivity index (χ1v) is 14.9. The Balaban J connectivity index is 1.29. The number of nitrogens with zero attached hydrogens (tertiary/aromatic N) is 5. The van der Waals surface area contributed by atoms with Crippen LogP contribution in [0.1, 0.15) is 42.2 Å². The van der Waals surface area contributed by atoms with Crippen LogP contribution in [0.15, 0.2) is 53.9 Å². The Bertz CT molecular complexity index is 1590. The molecule has 4 aromatic rings. The van der Waals surface area contributed by atoms with Crippen molar-refractivity contribution in [2.45, 2.75) is 50.9 Å². The SMILES string of the molecule is COc1ccc(-c2nnn(CC(=O)N(Cc3ccc4c(c3)OCO4)C(C(=O)NC3CCCC3)c3cccs3)n2)cc1OC. The number of hydrogen-bond acceptors (Lipinski definition) is 10. The topological polar surface area (TPSA) is 130 Å². The summed E-state index contributed by atoms with van der Waals surface area (Å²) in [4.78, 5) is 31.5. The predicted molar refractivity (Wildman–Crippen MR) is 157 cm³/mol. The molecule has 0 radical (unpaired) electrons. The van der Waals surface area contributed by atoms with Gasteiger partial charge in [0.1, 0.15) is 12.6 Å². The van der Waals surface area contributed by atoms with E-state index in [1.165, 1.54) is 16.1 Å². The Hall–Kier alpha value is -4.65. The molecule has 1 aliphatic carbocycles. The minimum Gasteiger partial charge on any atom is -0.493 e. The van der Waals surface area contributed by atoms with E-state index in [9.17, 15) is 9.59 Å². The van der Waals surface area contributed by atoms with Gasteiger partial charge in [0, 0.05) is 23.0 Å². The van der Waals surface area contributed by atoms with E-state index in [1.54, 1.807) is 37.3 Å². The van der Waals surface area contributed by atoms with Gasteiger partial charge in [-0.05, 0) is 65.4 Å². The molecule has 1 fully saturated rings. The van der Waals surface area contributed by atoms with Gasteiger partial charge in [-0.1, -0.05) is 25.0 Å². The summed E-state index contributed by atoms with van der Waals surface area (Å²) >= 11 is 1.44. The number of fused-ring (bicyclic) bond motifs is 1. The molecule has 2 aromatic carbocycles. The average Bonchev–Trinajstić information content (AvgIpc) is 3.85. The lowest BCUT2D eigenvalue weighted by atomic mass is 10.1. The monoisotopic (exact) mass is 604 g/mol. The van der Waals surface area contributed by atoms with Crippen LogP contribution in [0.2, 0.25) is 0 Å². The van der Waals surface area contributed by atoms with E-state index >= 15 is 0 Å². The quantitative estimate of drug-likeness (QED) is 0.270. The highest BCUT2D eigenvalue weighted by Crippen LogP contribution is 2.35. The summed E-state index contributed by atoms with van der Waals surface area (Å²) in [6.07, 6.45) is 4.02. The first-order chi connectivity index (χ1) is 21.0. The van der Waals surface area contributed by atoms with Gasteiger partial charge >= 0.3 is 0 Å². The maximum absolute atomic E-state index is 14.1. The van der Waals surface area contributed by atoms with Gasteiger partial charge in [0.25, 0.3) is 0 Å². The second-order valence-corrected chi connectivity index (χ2v) is 11.3. The number of ether oxygens (including phenoxy) is 4. The average molecular weight is 605 g/mol. The minimum absolute atomic E-state index is 0.0958. The van der Waals surface area contributed by atoms with Crippen LogP contribution in [0, 0.1) is 0 Å². The lowest BCUT2D eigenvalue weighted by Crippen LogP contribution is -2.46. The van der Waals surface area contributed by atoms with Crippen molar-refractivity contribution in [2.75, 3.05) is 21.0 Å². The van der Waals surface area contributed by atoms with Crippen LogP contribution in [-0.2, 0) is 22.7 Å². The van der Waals surface area contributed by atoms with Crippen LogP contribution < -0.4 is 24.3 Å². The molecule has 2 aromatic heterocycles. The van der Waals surface area contributed by atoms with E-state index in [0.29, 0.717) is 34.4 Å². The summed E-state index contributed by atoms with van der Waals surface area (Å²) in [5, 5.41) is 17.9. The fourth-order valence-corrected chi connectivity index (χ4v) is 6.23. The van der Waals surface area contributed by atoms with Crippen LogP contribution in [0.3, 0.4) is 0 Å². The summed E-state index contributed by atoms with van der Waals surface area (Å²) in [6, 6.07) is 13.8. The summed E-state index contributed by atoms with van der Waals surface area (Å²) < 4.78 is 21.7. The van der Waals surface area contributed by atoms with Gasteiger partial charge in [-0.25, -0.2) is 0 Å². The first-order valence-electron chi connectivity index (χ1n) is 14.0. The van der Waals surface area contributed by atoms with E-state index in [2.05, 4.69) is 20.7 Å². The first kappa shape index (κ1) is 28.5. The lowest BCUT2D eigenvalue weighted by molar-refractivity contribution is -0.142. The van der Waals surface area contributed by atoms with Gasteiger partial charge < -0.3 is 29.2 Å². The number of amides is 2. The highest BCUT2D eigenvalue weighted by atomic mass is 32.1. The van der Waals surface area contributed by atoms with Crippen molar-refractivity contribution in [3.63, 3.8) is 0 Å². The zero-order chi connectivity index (χ0) is 29.8. The molecular formula is C30H32N6O6S. The molecule has 1 atom stereocenters. The van der Waals surface area contributed by atoms with Crippen molar-refractivity contribution in [1.82, 2.24) is 30.4 Å². The van der Waals surface area contributed by atoms with Gasteiger partial charge in [0.05, 0.1) is 14.2 Å². The second-order valence-electron chi connectivity index (χ2n) is 10.3. The Morgan fingerprint density at radius 3 is 2.65 bits per heavy atom. The van der Waals surface area contributed by atoms with Crippen molar-refractivity contribution in [1.29, 1.82) is 0 Å². The zero-order valence-electron chi connectivity index (χ0n) is 23.9. The molecule has 43 heavy (non-hydrogen) atoms. The number of methoxy groups -OCH3 is 2. The third-order valence-electron chi connectivity index (χ3n) is 7.56. The number of thiophene rings is 1. The highest BCUT2D eigenvalue weighted by molar-refractivity contribution is 7.10. The predicted octanol–water partition coefficient (Wildman–Crippen LogP) is 3.98. The van der Waals surface area contributed by atoms with Crippen LogP contribution in [0.25, 0.3) is 11.4 Å². The number of carbonyl (C=O) groups excluding carboxylic acids is 2. The number of tetrazole rings is 1. The molecule has 13 heteroatoms. The molecule has 1 aliphatic heterocycles. The maximum Gasteiger partial charge on any atom is 0.248 e. The fraction of sp³-hybridized carbons (Fsp3) is 0.367. The third-order valence-corrected chi connectivity index (χ3v) is 8.48. The van der Waals surface area contributed by atoms with Crippen LogP contribution in [0.4, 0.5) is 0 Å². The lowest BCUT2D eigenvalue weighted by Gasteiger charge is -2.31. The van der Waals surface area contributed by atoms with Gasteiger partial charge in [-0.2, -0.15) is 4.80 Å². The van der Waals surface area contributed by atoms with Crippen molar-refractivity contribution in [2.24, 2.45) is 0 Å². The van der Waals surface area contributed by atoms with Crippen LogP contribution in [-0.4, -0.2) is 64.0 Å². The third kappa shape index (κ3) is 6.26. The van der Waals surface area contributed by atoms with E-state index in [1.807, 2.05) is 35.7 Å². The number of nitrogens with one attached hydrogen (secondary N) is 1. The molecule has 6 rings (SSSR count). The Morgan fingerprint density at radius 1 is 1.07 bits per heavy atom. The number of rotatable bonds is 11. The molecule has 1 saturated carbocycles. The van der Waals surface area contributed by atoms with Gasteiger partial charge in [-0.3, -0.25) is 9.59 Å². The normalized spacial score (nSPS) is 14.8. The maximum atomic E-state index is 14.1. The summed E-state index contributed by atoms with van der Waals surface area (Å²) in [6.45, 7) is 0.0835. The zero-order valence-corrected chi connectivity index (χ0v) is 24.7. The van der Waals surface area contributed by atoms with E-state index in [0.717, 1.165) is 36.1 Å². The van der Waals surface area contributed by atoms with E-state index in [4.69, 9.17) is 18.9 Å². The van der Waals surface area contributed by atoms with Gasteiger partial charge in [-0.15, -0.1) is 21.5 Å². The van der Waals surface area contributed by atoms with Crippen molar-refractivity contribution >= 4 is 23.2 Å². The molecule has 0 saturated heterocycles. The molecule has 1 unspecified atom stereocenters. The van der Waals surface area contributed by atoms with Crippen molar-refractivity contribution < 1.29 is 28.5 Å². The highest BCUT2D eigenvalue weighted by Gasteiger charge is 2.34. The number of carbonyl (C=O) groups is 2. The van der Waals surface area contributed by atoms with E-state index in [-0.39, 0.29) is 37.7 Å². The molecule has 0 bridgehead atoms. The smallest absolute Gasteiger partial charge is 0.248 e. The standard InChI is InChI=1S/C30H32N6O6S/c1-39-22-12-10-20(15-24(22)40-2)29-32-34-36(33-29)17-27(37)35(16-19-9-11-23-25(14-19)42-18-41-23)28(26-8-5-13-43-26)30(38)31-21-6-3-4-7-21/h5,8-15,21,28H,3-4,6-7,16-18H2,1-2H3,(H,31,38). The van der Waals surface area contributed by atoms with Crippen molar-refractivity contribution in [3.8, 4) is 34.4 Å². The van der Waals surface area contributed by atoms with Crippen molar-refractivity contribution in [3.05, 3.63) is 64.4 Å². The van der Waals surface area contributed by atoms with Crippen LogP contribution in [0.5, 0.6) is 23.0 Å². The molecule has 2 aliphatic rings. The van der Waals surface area contributed by atoms with E-state index < -0.39 is 6.04 Å². The molecule has 1 N–H and O–H groups in total. The molecular weight excluding hydrogens is 572 g/mol. The molecule has 2 amide bonds. The largest absolute Gasteiger partial charge is 0.493 e. The molecule has 12 nitrogen and oxygen atoms in total. The number of hydrogen-bond donors (Lipinski definition) is 1. The van der Waals surface area contributed by atoms with Gasteiger partial charge in [0.2, 0.25) is 24.4 Å². The Kier molecular flexibility index (Phi) is 8.40. The summed E-state index contributed by atoms with van der Waals surface area (Å²) in [5.41, 5.74) is 1.45. The molecule has 224 valence electrons. The molecule has 3 heterocycles. The van der Waals surface area contributed by atoms with Crippen LogP contribution >= 0.6 is 11.3 Å². The second kappa shape index (κ2) is 12.7. The summed E-state index contributed by atoms with van der Waals surface area (Å²) in [7, 11) is 3.11.